The fourth-order valence-corrected chi connectivity index (χ4v) is 2.26. The molecule has 0 aromatic heterocycles. The first kappa shape index (κ1) is 13.7. The van der Waals surface area contributed by atoms with E-state index in [2.05, 4.69) is 15.9 Å². The van der Waals surface area contributed by atoms with E-state index < -0.39 is 17.3 Å². The summed E-state index contributed by atoms with van der Waals surface area (Å²) in [7, 11) is 0. The third-order valence-electron chi connectivity index (χ3n) is 2.89. The maximum Gasteiger partial charge on any atom is 0.258 e. The van der Waals surface area contributed by atoms with Crippen molar-refractivity contribution in [3.05, 3.63) is 69.9 Å². The van der Waals surface area contributed by atoms with Crippen LogP contribution in [0.4, 0.5) is 4.39 Å². The number of rotatable bonds is 3. The maximum atomic E-state index is 14.1. The highest BCUT2D eigenvalue weighted by Crippen LogP contribution is 2.33. The molecule has 2 aromatic carbocycles. The third kappa shape index (κ3) is 2.27. The standard InChI is InChI=1S/C14H11BrFNO2/c15-11-8-4-7-10(12(11)16)14(19,13(17)18)9-5-2-1-3-6-9/h1-8,19H,(H2,17,18). The minimum Gasteiger partial charge on any atom is -0.372 e. The second-order valence-electron chi connectivity index (χ2n) is 4.04. The second-order valence-corrected chi connectivity index (χ2v) is 4.90. The molecule has 3 N–H and O–H groups in total. The molecular weight excluding hydrogens is 313 g/mol. The Morgan fingerprint density at radius 3 is 2.37 bits per heavy atom. The van der Waals surface area contributed by atoms with E-state index in [9.17, 15) is 14.3 Å². The van der Waals surface area contributed by atoms with Crippen LogP contribution in [0, 0.1) is 5.82 Å². The van der Waals surface area contributed by atoms with Gasteiger partial charge in [-0.2, -0.15) is 0 Å². The van der Waals surface area contributed by atoms with Crippen molar-refractivity contribution < 1.29 is 14.3 Å². The smallest absolute Gasteiger partial charge is 0.258 e. The van der Waals surface area contributed by atoms with Crippen molar-refractivity contribution in [3.63, 3.8) is 0 Å². The van der Waals surface area contributed by atoms with E-state index in [1.54, 1.807) is 18.2 Å². The zero-order valence-electron chi connectivity index (χ0n) is 9.81. The molecule has 19 heavy (non-hydrogen) atoms. The fourth-order valence-electron chi connectivity index (χ4n) is 1.89. The van der Waals surface area contributed by atoms with Crippen molar-refractivity contribution in [1.82, 2.24) is 0 Å². The van der Waals surface area contributed by atoms with Crippen LogP contribution in [-0.2, 0) is 10.4 Å². The van der Waals surface area contributed by atoms with Gasteiger partial charge < -0.3 is 10.8 Å². The Morgan fingerprint density at radius 2 is 1.79 bits per heavy atom. The number of hydrogen-bond donors (Lipinski definition) is 2. The van der Waals surface area contributed by atoms with Gasteiger partial charge in [0.1, 0.15) is 5.82 Å². The highest BCUT2D eigenvalue weighted by Gasteiger charge is 2.40. The van der Waals surface area contributed by atoms with Gasteiger partial charge in [0.05, 0.1) is 4.47 Å². The van der Waals surface area contributed by atoms with E-state index in [-0.39, 0.29) is 15.6 Å². The van der Waals surface area contributed by atoms with E-state index in [0.29, 0.717) is 0 Å². The zero-order valence-corrected chi connectivity index (χ0v) is 11.4. The molecule has 2 rings (SSSR count). The van der Waals surface area contributed by atoms with Gasteiger partial charge in [-0.05, 0) is 27.6 Å². The molecule has 3 nitrogen and oxygen atoms in total. The summed E-state index contributed by atoms with van der Waals surface area (Å²) in [6.07, 6.45) is 0. The molecule has 0 spiro atoms. The van der Waals surface area contributed by atoms with Crippen LogP contribution < -0.4 is 5.73 Å². The van der Waals surface area contributed by atoms with Crippen molar-refractivity contribution in [3.8, 4) is 0 Å². The lowest BCUT2D eigenvalue weighted by Gasteiger charge is -2.26. The molecule has 0 saturated heterocycles. The van der Waals surface area contributed by atoms with Gasteiger partial charge in [-0.1, -0.05) is 42.5 Å². The zero-order chi connectivity index (χ0) is 14.0. The molecule has 0 aliphatic carbocycles. The number of amides is 1. The Morgan fingerprint density at radius 1 is 1.16 bits per heavy atom. The SMILES string of the molecule is NC(=O)C(O)(c1ccccc1)c1cccc(Br)c1F. The molecule has 0 aliphatic rings. The Bertz CT molecular complexity index is 618. The summed E-state index contributed by atoms with van der Waals surface area (Å²) < 4.78 is 14.3. The molecule has 1 amide bonds. The number of carbonyl (C=O) groups excluding carboxylic acids is 1. The normalized spacial score (nSPS) is 13.8. The lowest BCUT2D eigenvalue weighted by Crippen LogP contribution is -2.42. The van der Waals surface area contributed by atoms with Crippen LogP contribution in [-0.4, -0.2) is 11.0 Å². The molecule has 0 radical (unpaired) electrons. The first-order valence-electron chi connectivity index (χ1n) is 5.50. The average molecular weight is 324 g/mol. The summed E-state index contributed by atoms with van der Waals surface area (Å²) in [5.41, 5.74) is 3.13. The largest absolute Gasteiger partial charge is 0.372 e. The van der Waals surface area contributed by atoms with Gasteiger partial charge in [0, 0.05) is 5.56 Å². The van der Waals surface area contributed by atoms with Crippen LogP contribution in [0.15, 0.2) is 53.0 Å². The molecule has 0 heterocycles. The number of aliphatic hydroxyl groups is 1. The van der Waals surface area contributed by atoms with Gasteiger partial charge in [-0.25, -0.2) is 4.39 Å². The van der Waals surface area contributed by atoms with E-state index in [4.69, 9.17) is 5.73 Å². The summed E-state index contributed by atoms with van der Waals surface area (Å²) in [4.78, 5) is 11.7. The van der Waals surface area contributed by atoms with Crippen molar-refractivity contribution in [2.24, 2.45) is 5.73 Å². The summed E-state index contributed by atoms with van der Waals surface area (Å²) in [6.45, 7) is 0. The molecule has 98 valence electrons. The van der Waals surface area contributed by atoms with Gasteiger partial charge >= 0.3 is 0 Å². The number of nitrogens with two attached hydrogens (primary N) is 1. The summed E-state index contributed by atoms with van der Waals surface area (Å²) in [6, 6.07) is 12.4. The van der Waals surface area contributed by atoms with Gasteiger partial charge in [-0.15, -0.1) is 0 Å². The lowest BCUT2D eigenvalue weighted by atomic mass is 9.85. The second kappa shape index (κ2) is 5.11. The van der Waals surface area contributed by atoms with Crippen molar-refractivity contribution in [1.29, 1.82) is 0 Å². The summed E-state index contributed by atoms with van der Waals surface area (Å²) >= 11 is 3.02. The van der Waals surface area contributed by atoms with Gasteiger partial charge in [0.15, 0.2) is 5.60 Å². The van der Waals surface area contributed by atoms with Gasteiger partial charge in [0.2, 0.25) is 0 Å². The van der Waals surface area contributed by atoms with Crippen LogP contribution in [0.1, 0.15) is 11.1 Å². The number of primary amides is 1. The van der Waals surface area contributed by atoms with Crippen molar-refractivity contribution >= 4 is 21.8 Å². The molecule has 0 bridgehead atoms. The van der Waals surface area contributed by atoms with Crippen LogP contribution in [0.25, 0.3) is 0 Å². The predicted octanol–water partition coefficient (Wildman–Crippen LogP) is 2.31. The third-order valence-corrected chi connectivity index (χ3v) is 3.50. The average Bonchev–Trinajstić information content (AvgIpc) is 2.42. The van der Waals surface area contributed by atoms with Crippen LogP contribution >= 0.6 is 15.9 Å². The predicted molar refractivity (Wildman–Crippen MR) is 72.7 cm³/mol. The number of benzene rings is 2. The Balaban J connectivity index is 2.71. The molecule has 2 aromatic rings. The quantitative estimate of drug-likeness (QED) is 0.910. The van der Waals surface area contributed by atoms with E-state index in [1.807, 2.05) is 0 Å². The molecule has 1 unspecified atom stereocenters. The maximum absolute atomic E-state index is 14.1. The number of hydrogen-bond acceptors (Lipinski definition) is 2. The first-order chi connectivity index (χ1) is 8.98. The van der Waals surface area contributed by atoms with E-state index in [1.165, 1.54) is 30.3 Å². The molecule has 0 saturated carbocycles. The molecule has 5 heteroatoms. The Labute approximate surface area is 118 Å². The first-order valence-corrected chi connectivity index (χ1v) is 6.29. The van der Waals surface area contributed by atoms with Crippen LogP contribution in [0.5, 0.6) is 0 Å². The Hall–Kier alpha value is -1.72. The Kier molecular flexibility index (Phi) is 3.68. The van der Waals surface area contributed by atoms with Gasteiger partial charge in [0.25, 0.3) is 5.91 Å². The fraction of sp³-hybridized carbons (Fsp3) is 0.0714. The molecule has 0 aliphatic heterocycles. The highest BCUT2D eigenvalue weighted by molar-refractivity contribution is 9.10. The molecular formula is C14H11BrFNO2. The minimum atomic E-state index is -2.20. The number of carbonyl (C=O) groups is 1. The van der Waals surface area contributed by atoms with Gasteiger partial charge in [-0.3, -0.25) is 4.79 Å². The molecule has 1 atom stereocenters. The van der Waals surface area contributed by atoms with Crippen molar-refractivity contribution in [2.45, 2.75) is 5.60 Å². The van der Waals surface area contributed by atoms with Crippen LogP contribution in [0.3, 0.4) is 0 Å². The van der Waals surface area contributed by atoms with E-state index in [0.717, 1.165) is 0 Å². The minimum absolute atomic E-state index is 0.153. The van der Waals surface area contributed by atoms with Crippen molar-refractivity contribution in [2.75, 3.05) is 0 Å². The van der Waals surface area contributed by atoms with E-state index >= 15 is 0 Å². The topological polar surface area (TPSA) is 63.3 Å². The monoisotopic (exact) mass is 323 g/mol. The summed E-state index contributed by atoms with van der Waals surface area (Å²) in [5.74, 6) is -1.75. The summed E-state index contributed by atoms with van der Waals surface area (Å²) in [5, 5.41) is 10.6. The lowest BCUT2D eigenvalue weighted by molar-refractivity contribution is -0.133. The molecule has 0 fully saturated rings. The highest BCUT2D eigenvalue weighted by atomic mass is 79.9. The number of halogens is 2. The van der Waals surface area contributed by atoms with Crippen LogP contribution in [0.2, 0.25) is 0 Å².